The summed E-state index contributed by atoms with van der Waals surface area (Å²) >= 11 is 0. The van der Waals surface area contributed by atoms with Gasteiger partial charge in [0.15, 0.2) is 6.61 Å². The quantitative estimate of drug-likeness (QED) is 0.809. The summed E-state index contributed by atoms with van der Waals surface area (Å²) in [6.07, 6.45) is -1.00. The van der Waals surface area contributed by atoms with Gasteiger partial charge in [-0.15, -0.1) is 0 Å². The van der Waals surface area contributed by atoms with E-state index in [9.17, 15) is 8.78 Å². The van der Waals surface area contributed by atoms with E-state index in [1.807, 2.05) is 0 Å². The Morgan fingerprint density at radius 3 is 2.86 bits per heavy atom. The van der Waals surface area contributed by atoms with Crippen LogP contribution in [0.2, 0.25) is 0 Å². The Kier molecular flexibility index (Phi) is 3.76. The van der Waals surface area contributed by atoms with Crippen molar-refractivity contribution in [2.24, 2.45) is 5.73 Å². The average Bonchev–Trinajstić information content (AvgIpc) is 2.15. The first kappa shape index (κ1) is 10.8. The van der Waals surface area contributed by atoms with E-state index in [1.165, 1.54) is 6.20 Å². The Balaban J connectivity index is 2.64. The fourth-order valence-electron chi connectivity index (χ4n) is 0.935. The fraction of sp³-hybridized carbons (Fsp3) is 0.444. The van der Waals surface area contributed by atoms with E-state index in [0.717, 1.165) is 5.56 Å². The molecule has 1 heterocycles. The molecule has 0 aliphatic rings. The molecule has 0 aliphatic carbocycles. The van der Waals surface area contributed by atoms with Gasteiger partial charge in [0, 0.05) is 18.3 Å². The van der Waals surface area contributed by atoms with Crippen LogP contribution >= 0.6 is 0 Å². The van der Waals surface area contributed by atoms with Crippen molar-refractivity contribution < 1.29 is 13.5 Å². The Morgan fingerprint density at radius 2 is 2.29 bits per heavy atom. The van der Waals surface area contributed by atoms with Crippen molar-refractivity contribution in [3.05, 3.63) is 23.9 Å². The second kappa shape index (κ2) is 4.85. The highest BCUT2D eigenvalue weighted by Gasteiger charge is 2.06. The number of alkyl halides is 2. The first-order valence-electron chi connectivity index (χ1n) is 4.22. The molecule has 0 bridgehead atoms. The smallest absolute Gasteiger partial charge is 0.272 e. The molecule has 0 saturated heterocycles. The number of hydrogen-bond acceptors (Lipinski definition) is 3. The van der Waals surface area contributed by atoms with Gasteiger partial charge in [-0.2, -0.15) is 0 Å². The third-order valence-corrected chi connectivity index (χ3v) is 1.64. The van der Waals surface area contributed by atoms with Crippen LogP contribution in [0.3, 0.4) is 0 Å². The molecule has 1 rings (SSSR count). The molecule has 0 spiro atoms. The molecule has 1 aromatic heterocycles. The van der Waals surface area contributed by atoms with Crippen LogP contribution < -0.4 is 10.5 Å². The maximum absolute atomic E-state index is 11.8. The molecule has 0 fully saturated rings. The lowest BCUT2D eigenvalue weighted by Gasteiger charge is -2.08. The predicted octanol–water partition coefficient (Wildman–Crippen LogP) is 1.75. The lowest BCUT2D eigenvalue weighted by molar-refractivity contribution is 0.0795. The van der Waals surface area contributed by atoms with Crippen molar-refractivity contribution >= 4 is 0 Å². The van der Waals surface area contributed by atoms with Crippen molar-refractivity contribution in [3.63, 3.8) is 0 Å². The van der Waals surface area contributed by atoms with E-state index < -0.39 is 13.0 Å². The van der Waals surface area contributed by atoms with Gasteiger partial charge in [-0.25, -0.2) is 13.8 Å². The fourth-order valence-corrected chi connectivity index (χ4v) is 0.935. The van der Waals surface area contributed by atoms with Gasteiger partial charge < -0.3 is 10.5 Å². The molecule has 0 amide bonds. The second-order valence-electron chi connectivity index (χ2n) is 2.92. The maximum Gasteiger partial charge on any atom is 0.272 e. The van der Waals surface area contributed by atoms with Crippen LogP contribution in [0.15, 0.2) is 18.3 Å². The number of hydrogen-bond donors (Lipinski definition) is 1. The SMILES string of the molecule is CC(N)c1ccnc(OCC(F)F)c1. The van der Waals surface area contributed by atoms with Gasteiger partial charge in [-0.05, 0) is 18.6 Å². The first-order chi connectivity index (χ1) is 6.59. The summed E-state index contributed by atoms with van der Waals surface area (Å²) in [5, 5.41) is 0. The summed E-state index contributed by atoms with van der Waals surface area (Å²) in [4.78, 5) is 3.78. The number of ether oxygens (including phenoxy) is 1. The van der Waals surface area contributed by atoms with Crippen LogP contribution in [0.4, 0.5) is 8.78 Å². The number of aromatic nitrogens is 1. The molecular formula is C9H12F2N2O. The monoisotopic (exact) mass is 202 g/mol. The summed E-state index contributed by atoms with van der Waals surface area (Å²) in [7, 11) is 0. The first-order valence-corrected chi connectivity index (χ1v) is 4.22. The van der Waals surface area contributed by atoms with E-state index in [-0.39, 0.29) is 11.9 Å². The van der Waals surface area contributed by atoms with E-state index in [1.54, 1.807) is 19.1 Å². The highest BCUT2D eigenvalue weighted by molar-refractivity contribution is 5.22. The zero-order valence-corrected chi connectivity index (χ0v) is 7.78. The van der Waals surface area contributed by atoms with E-state index in [4.69, 9.17) is 10.5 Å². The van der Waals surface area contributed by atoms with Gasteiger partial charge in [0.1, 0.15) is 0 Å². The summed E-state index contributed by atoms with van der Waals surface area (Å²) < 4.78 is 28.3. The van der Waals surface area contributed by atoms with E-state index in [0.29, 0.717) is 0 Å². The second-order valence-corrected chi connectivity index (χ2v) is 2.92. The third-order valence-electron chi connectivity index (χ3n) is 1.64. The van der Waals surface area contributed by atoms with Gasteiger partial charge >= 0.3 is 0 Å². The molecule has 2 N–H and O–H groups in total. The normalized spacial score (nSPS) is 12.9. The van der Waals surface area contributed by atoms with Crippen molar-refractivity contribution in [2.45, 2.75) is 19.4 Å². The zero-order chi connectivity index (χ0) is 10.6. The van der Waals surface area contributed by atoms with Crippen LogP contribution in [-0.4, -0.2) is 18.0 Å². The Hall–Kier alpha value is -1.23. The Morgan fingerprint density at radius 1 is 1.57 bits per heavy atom. The van der Waals surface area contributed by atoms with Crippen molar-refractivity contribution in [2.75, 3.05) is 6.61 Å². The zero-order valence-electron chi connectivity index (χ0n) is 7.78. The van der Waals surface area contributed by atoms with Crippen LogP contribution in [0.5, 0.6) is 5.88 Å². The lowest BCUT2D eigenvalue weighted by atomic mass is 10.1. The largest absolute Gasteiger partial charge is 0.472 e. The van der Waals surface area contributed by atoms with Crippen molar-refractivity contribution in [3.8, 4) is 5.88 Å². The highest BCUT2D eigenvalue weighted by atomic mass is 19.3. The number of halogens is 2. The minimum absolute atomic E-state index is 0.160. The van der Waals surface area contributed by atoms with Crippen molar-refractivity contribution in [1.82, 2.24) is 4.98 Å². The molecule has 14 heavy (non-hydrogen) atoms. The number of pyridine rings is 1. The van der Waals surface area contributed by atoms with Gasteiger partial charge in [0.05, 0.1) is 0 Å². The van der Waals surface area contributed by atoms with Gasteiger partial charge in [0.25, 0.3) is 6.43 Å². The van der Waals surface area contributed by atoms with E-state index in [2.05, 4.69) is 4.98 Å². The van der Waals surface area contributed by atoms with Crippen LogP contribution in [-0.2, 0) is 0 Å². The highest BCUT2D eigenvalue weighted by Crippen LogP contribution is 2.14. The molecular weight excluding hydrogens is 190 g/mol. The van der Waals surface area contributed by atoms with Gasteiger partial charge in [-0.1, -0.05) is 0 Å². The molecule has 0 aromatic carbocycles. The van der Waals surface area contributed by atoms with Crippen LogP contribution in [0.1, 0.15) is 18.5 Å². The molecule has 0 radical (unpaired) electrons. The van der Waals surface area contributed by atoms with Crippen LogP contribution in [0.25, 0.3) is 0 Å². The standard InChI is InChI=1S/C9H12F2N2O/c1-6(12)7-2-3-13-9(4-7)14-5-8(10)11/h2-4,6,8H,5,12H2,1H3. The molecule has 1 atom stereocenters. The lowest BCUT2D eigenvalue weighted by Crippen LogP contribution is -2.09. The van der Waals surface area contributed by atoms with Crippen molar-refractivity contribution in [1.29, 1.82) is 0 Å². The van der Waals surface area contributed by atoms with Gasteiger partial charge in [0.2, 0.25) is 5.88 Å². The minimum atomic E-state index is -2.49. The molecule has 1 aromatic rings. The molecule has 3 nitrogen and oxygen atoms in total. The molecule has 0 saturated carbocycles. The number of rotatable bonds is 4. The Bertz CT molecular complexity index is 292. The molecule has 1 unspecified atom stereocenters. The Labute approximate surface area is 80.9 Å². The van der Waals surface area contributed by atoms with Gasteiger partial charge in [-0.3, -0.25) is 0 Å². The molecule has 0 aliphatic heterocycles. The maximum atomic E-state index is 11.8. The minimum Gasteiger partial charge on any atom is -0.472 e. The number of nitrogens with zero attached hydrogens (tertiary/aromatic N) is 1. The summed E-state index contributed by atoms with van der Waals surface area (Å²) in [5.41, 5.74) is 6.42. The van der Waals surface area contributed by atoms with E-state index >= 15 is 0 Å². The number of nitrogens with two attached hydrogens (primary N) is 1. The van der Waals surface area contributed by atoms with Crippen LogP contribution in [0, 0.1) is 0 Å². The molecule has 78 valence electrons. The topological polar surface area (TPSA) is 48.1 Å². The third kappa shape index (κ3) is 3.26. The summed E-state index contributed by atoms with van der Waals surface area (Å²) in [6, 6.07) is 3.12. The predicted molar refractivity (Wildman–Crippen MR) is 48.3 cm³/mol. The molecule has 5 heteroatoms. The average molecular weight is 202 g/mol. The summed E-state index contributed by atoms with van der Waals surface area (Å²) in [5.74, 6) is 0.181. The summed E-state index contributed by atoms with van der Waals surface area (Å²) in [6.45, 7) is 1.15.